The number of ether oxygens (including phenoxy) is 1. The van der Waals surface area contributed by atoms with Gasteiger partial charge < -0.3 is 19.9 Å². The molecule has 0 aromatic heterocycles. The van der Waals surface area contributed by atoms with Crippen LogP contribution in [-0.2, 0) is 4.79 Å². The predicted molar refractivity (Wildman–Crippen MR) is 84.9 cm³/mol. The fourth-order valence-corrected chi connectivity index (χ4v) is 2.94. The van der Waals surface area contributed by atoms with Gasteiger partial charge in [-0.2, -0.15) is 0 Å². The summed E-state index contributed by atoms with van der Waals surface area (Å²) in [7, 11) is 0. The van der Waals surface area contributed by atoms with Crippen LogP contribution in [0.5, 0.6) is 5.75 Å². The third-order valence-electron chi connectivity index (χ3n) is 4.16. The highest BCUT2D eigenvalue weighted by Gasteiger charge is 2.27. The fraction of sp³-hybridized carbons (Fsp3) is 0.533. The van der Waals surface area contributed by atoms with Gasteiger partial charge >= 0.3 is 0 Å². The minimum atomic E-state index is -0.463. The second-order valence-electron chi connectivity index (χ2n) is 5.69. The highest BCUT2D eigenvalue weighted by atomic mass is 16.6. The summed E-state index contributed by atoms with van der Waals surface area (Å²) in [6.07, 6.45) is 0.863. The number of nitro benzene ring substituents is 1. The Balaban J connectivity index is 1.65. The summed E-state index contributed by atoms with van der Waals surface area (Å²) in [5.41, 5.74) is 0.589. The lowest BCUT2D eigenvalue weighted by Gasteiger charge is -2.31. The number of benzene rings is 1. The van der Waals surface area contributed by atoms with Gasteiger partial charge in [0, 0.05) is 38.8 Å². The van der Waals surface area contributed by atoms with E-state index in [4.69, 9.17) is 4.74 Å². The standard InChI is InChI=1S/C15H20N4O4/c20-15-11-23-14-10-12(19(21)22)2-3-13(14)18(15)7-1-6-17-8-4-16-5-9-17/h2-3,10,16H,1,4-9,11H2. The van der Waals surface area contributed by atoms with Gasteiger partial charge in [0.2, 0.25) is 0 Å². The zero-order valence-electron chi connectivity index (χ0n) is 12.9. The lowest BCUT2D eigenvalue weighted by atomic mass is 10.2. The molecule has 0 bridgehead atoms. The monoisotopic (exact) mass is 320 g/mol. The molecule has 2 heterocycles. The molecule has 0 atom stereocenters. The van der Waals surface area contributed by atoms with Gasteiger partial charge in [0.25, 0.3) is 11.6 Å². The van der Waals surface area contributed by atoms with E-state index in [2.05, 4.69) is 10.2 Å². The van der Waals surface area contributed by atoms with Gasteiger partial charge in [0.1, 0.15) is 0 Å². The molecule has 1 aromatic rings. The van der Waals surface area contributed by atoms with E-state index < -0.39 is 4.92 Å². The molecule has 2 aliphatic rings. The highest BCUT2D eigenvalue weighted by Crippen LogP contribution is 2.35. The minimum absolute atomic E-state index is 0.0288. The number of anilines is 1. The van der Waals surface area contributed by atoms with Crippen molar-refractivity contribution >= 4 is 17.3 Å². The van der Waals surface area contributed by atoms with Gasteiger partial charge in [-0.15, -0.1) is 0 Å². The number of piperazine rings is 1. The van der Waals surface area contributed by atoms with E-state index in [1.807, 2.05) is 0 Å². The van der Waals surface area contributed by atoms with Gasteiger partial charge in [-0.1, -0.05) is 0 Å². The SMILES string of the molecule is O=C1COc2cc([N+](=O)[O-])ccc2N1CCCN1CCNCC1. The quantitative estimate of drug-likeness (QED) is 0.632. The summed E-state index contributed by atoms with van der Waals surface area (Å²) in [6.45, 7) is 5.53. The molecule has 1 amide bonds. The van der Waals surface area contributed by atoms with Crippen LogP contribution < -0.4 is 15.0 Å². The lowest BCUT2D eigenvalue weighted by Crippen LogP contribution is -2.45. The Labute approximate surface area is 134 Å². The minimum Gasteiger partial charge on any atom is -0.481 e. The van der Waals surface area contributed by atoms with Crippen molar-refractivity contribution in [3.05, 3.63) is 28.3 Å². The molecule has 3 rings (SSSR count). The van der Waals surface area contributed by atoms with Crippen molar-refractivity contribution in [3.63, 3.8) is 0 Å². The predicted octanol–water partition coefficient (Wildman–Crippen LogP) is 0.615. The Morgan fingerprint density at radius 3 is 2.78 bits per heavy atom. The van der Waals surface area contributed by atoms with Gasteiger partial charge in [0.15, 0.2) is 12.4 Å². The molecule has 8 nitrogen and oxygen atoms in total. The van der Waals surface area contributed by atoms with Gasteiger partial charge in [-0.25, -0.2) is 0 Å². The summed E-state index contributed by atoms with van der Waals surface area (Å²) in [5.74, 6) is 0.299. The number of nitro groups is 1. The number of rotatable bonds is 5. The first kappa shape index (κ1) is 15.7. The molecule has 0 spiro atoms. The molecule has 1 fully saturated rings. The van der Waals surface area contributed by atoms with Crippen LogP contribution in [0.15, 0.2) is 18.2 Å². The summed E-state index contributed by atoms with van der Waals surface area (Å²) >= 11 is 0. The maximum absolute atomic E-state index is 12.1. The molecular weight excluding hydrogens is 300 g/mol. The van der Waals surface area contributed by atoms with E-state index in [1.165, 1.54) is 12.1 Å². The number of non-ortho nitro benzene ring substituents is 1. The number of fused-ring (bicyclic) bond motifs is 1. The molecule has 0 unspecified atom stereocenters. The molecule has 124 valence electrons. The van der Waals surface area contributed by atoms with Crippen LogP contribution in [0.3, 0.4) is 0 Å². The normalized spacial score (nSPS) is 18.4. The van der Waals surface area contributed by atoms with Crippen molar-refractivity contribution in [1.82, 2.24) is 10.2 Å². The number of hydrogen-bond acceptors (Lipinski definition) is 6. The number of carbonyl (C=O) groups excluding carboxylic acids is 1. The number of carbonyl (C=O) groups is 1. The third kappa shape index (κ3) is 3.59. The van der Waals surface area contributed by atoms with E-state index in [1.54, 1.807) is 11.0 Å². The average Bonchev–Trinajstić information content (AvgIpc) is 2.57. The fourth-order valence-electron chi connectivity index (χ4n) is 2.94. The van der Waals surface area contributed by atoms with E-state index in [-0.39, 0.29) is 18.2 Å². The number of amides is 1. The lowest BCUT2D eigenvalue weighted by molar-refractivity contribution is -0.384. The topological polar surface area (TPSA) is 87.9 Å². The number of nitrogens with zero attached hydrogens (tertiary/aromatic N) is 3. The summed E-state index contributed by atoms with van der Waals surface area (Å²) in [4.78, 5) is 26.5. The van der Waals surface area contributed by atoms with Gasteiger partial charge in [-0.3, -0.25) is 14.9 Å². The Kier molecular flexibility index (Phi) is 4.73. The molecule has 8 heteroatoms. The first-order valence-corrected chi connectivity index (χ1v) is 7.80. The van der Waals surface area contributed by atoms with Crippen LogP contribution in [-0.4, -0.2) is 61.6 Å². The third-order valence-corrected chi connectivity index (χ3v) is 4.16. The first-order valence-electron chi connectivity index (χ1n) is 7.80. The van der Waals surface area contributed by atoms with Crippen LogP contribution >= 0.6 is 0 Å². The van der Waals surface area contributed by atoms with Crippen LogP contribution in [0.25, 0.3) is 0 Å². The summed E-state index contributed by atoms with van der Waals surface area (Å²) < 4.78 is 5.34. The van der Waals surface area contributed by atoms with E-state index in [9.17, 15) is 14.9 Å². The Morgan fingerprint density at radius 1 is 1.26 bits per heavy atom. The Bertz CT molecular complexity index is 601. The van der Waals surface area contributed by atoms with Crippen molar-refractivity contribution in [2.45, 2.75) is 6.42 Å². The molecule has 1 saturated heterocycles. The van der Waals surface area contributed by atoms with Crippen LogP contribution in [0.2, 0.25) is 0 Å². The molecule has 0 radical (unpaired) electrons. The summed E-state index contributed by atoms with van der Waals surface area (Å²) in [6, 6.07) is 4.38. The van der Waals surface area contributed by atoms with Crippen molar-refractivity contribution in [2.24, 2.45) is 0 Å². The molecule has 0 aliphatic carbocycles. The smallest absolute Gasteiger partial charge is 0.273 e. The van der Waals surface area contributed by atoms with E-state index >= 15 is 0 Å². The summed E-state index contributed by atoms with van der Waals surface area (Å²) in [5, 5.41) is 14.1. The maximum Gasteiger partial charge on any atom is 0.273 e. The maximum atomic E-state index is 12.1. The van der Waals surface area contributed by atoms with Crippen LogP contribution in [0.4, 0.5) is 11.4 Å². The van der Waals surface area contributed by atoms with Crippen LogP contribution in [0.1, 0.15) is 6.42 Å². The Hall–Kier alpha value is -2.19. The van der Waals surface area contributed by atoms with Crippen molar-refractivity contribution in [3.8, 4) is 5.75 Å². The van der Waals surface area contributed by atoms with Crippen molar-refractivity contribution in [1.29, 1.82) is 0 Å². The van der Waals surface area contributed by atoms with Gasteiger partial charge in [0.05, 0.1) is 16.7 Å². The van der Waals surface area contributed by atoms with E-state index in [0.29, 0.717) is 18.0 Å². The first-order chi connectivity index (χ1) is 11.1. The number of hydrogen-bond donors (Lipinski definition) is 1. The molecule has 2 aliphatic heterocycles. The largest absolute Gasteiger partial charge is 0.481 e. The number of nitrogens with one attached hydrogen (secondary N) is 1. The van der Waals surface area contributed by atoms with Crippen molar-refractivity contribution in [2.75, 3.05) is 50.8 Å². The van der Waals surface area contributed by atoms with Crippen molar-refractivity contribution < 1.29 is 14.5 Å². The average molecular weight is 320 g/mol. The zero-order chi connectivity index (χ0) is 16.2. The molecule has 1 aromatic carbocycles. The second-order valence-corrected chi connectivity index (χ2v) is 5.69. The van der Waals surface area contributed by atoms with E-state index in [0.717, 1.165) is 39.1 Å². The van der Waals surface area contributed by atoms with Crippen LogP contribution in [0, 0.1) is 10.1 Å². The molecule has 0 saturated carbocycles. The molecule has 1 N–H and O–H groups in total. The Morgan fingerprint density at radius 2 is 2.04 bits per heavy atom. The molecule has 23 heavy (non-hydrogen) atoms. The molecular formula is C15H20N4O4. The zero-order valence-corrected chi connectivity index (χ0v) is 12.9. The highest BCUT2D eigenvalue weighted by molar-refractivity contribution is 5.98. The second kappa shape index (κ2) is 6.93. The van der Waals surface area contributed by atoms with Gasteiger partial charge in [-0.05, 0) is 19.0 Å².